The minimum atomic E-state index is -0.603. The van der Waals surface area contributed by atoms with Crippen LogP contribution in [0.25, 0.3) is 11.0 Å². The lowest BCUT2D eigenvalue weighted by molar-refractivity contribution is -0.385. The van der Waals surface area contributed by atoms with E-state index in [9.17, 15) is 20.0 Å². The number of fused-ring (bicyclic) bond motifs is 1. The fraction of sp³-hybridized carbons (Fsp3) is 0. The van der Waals surface area contributed by atoms with E-state index in [0.717, 1.165) is 25.7 Å². The number of non-ortho nitro benzene ring substituents is 1. The zero-order valence-corrected chi connectivity index (χ0v) is 18.4. The quantitative estimate of drug-likeness (QED) is 0.188. The van der Waals surface area contributed by atoms with Crippen LogP contribution in [-0.4, -0.2) is 22.2 Å². The Labute approximate surface area is 182 Å². The fourth-order valence-electron chi connectivity index (χ4n) is 2.21. The first-order chi connectivity index (χ1) is 12.8. The van der Waals surface area contributed by atoms with Gasteiger partial charge in [0.15, 0.2) is 5.76 Å². The predicted octanol–water partition coefficient (Wildman–Crippen LogP) is 4.94. The van der Waals surface area contributed by atoms with Gasteiger partial charge < -0.3 is 9.52 Å². The van der Waals surface area contributed by atoms with Crippen LogP contribution in [0, 0.1) is 13.7 Å². The molecule has 27 heavy (non-hydrogen) atoms. The van der Waals surface area contributed by atoms with E-state index in [1.54, 1.807) is 6.07 Å². The maximum atomic E-state index is 12.2. The van der Waals surface area contributed by atoms with Crippen molar-refractivity contribution in [2.24, 2.45) is 5.10 Å². The Morgan fingerprint density at radius 3 is 2.74 bits per heavy atom. The van der Waals surface area contributed by atoms with Crippen LogP contribution in [0.2, 0.25) is 0 Å². The van der Waals surface area contributed by atoms with Crippen LogP contribution in [0.3, 0.4) is 0 Å². The number of carbonyl (C=O) groups is 1. The molecule has 0 unspecified atom stereocenters. The number of nitrogens with one attached hydrogen (secondary N) is 1. The van der Waals surface area contributed by atoms with E-state index >= 15 is 0 Å². The number of hydrogen-bond donors (Lipinski definition) is 2. The van der Waals surface area contributed by atoms with E-state index in [4.69, 9.17) is 4.42 Å². The summed E-state index contributed by atoms with van der Waals surface area (Å²) in [5, 5.41) is 25.3. The van der Waals surface area contributed by atoms with E-state index in [1.807, 2.05) is 12.1 Å². The Hall–Kier alpha value is -1.99. The largest absolute Gasteiger partial charge is 0.506 e. The second kappa shape index (κ2) is 7.94. The molecule has 0 aliphatic carbocycles. The summed E-state index contributed by atoms with van der Waals surface area (Å²) in [4.78, 5) is 22.5. The van der Waals surface area contributed by atoms with Crippen molar-refractivity contribution >= 4 is 83.2 Å². The van der Waals surface area contributed by atoms with Crippen LogP contribution in [0.4, 0.5) is 5.69 Å². The molecular formula is C16H8Br2IN3O5. The third kappa shape index (κ3) is 4.30. The van der Waals surface area contributed by atoms with E-state index in [1.165, 1.54) is 6.07 Å². The van der Waals surface area contributed by atoms with Gasteiger partial charge in [0.05, 0.1) is 19.2 Å². The van der Waals surface area contributed by atoms with Gasteiger partial charge in [-0.2, -0.15) is 5.10 Å². The summed E-state index contributed by atoms with van der Waals surface area (Å²) < 4.78 is 7.39. The highest BCUT2D eigenvalue weighted by molar-refractivity contribution is 14.1. The highest BCUT2D eigenvalue weighted by atomic mass is 127. The van der Waals surface area contributed by atoms with Gasteiger partial charge in [0.2, 0.25) is 0 Å². The third-order valence-corrected chi connectivity index (χ3v) is 5.28. The van der Waals surface area contributed by atoms with Crippen molar-refractivity contribution < 1.29 is 19.2 Å². The standard InChI is InChI=1S/C16H8Br2IN3O5/c17-9-1-7-3-13(27-15(7)12(19)4-9)16(24)21-20-6-8-2-10(22(25)26)5-11(18)14(8)23/h1-6,23H,(H,21,24)/b20-6-. The molecule has 0 saturated carbocycles. The summed E-state index contributed by atoms with van der Waals surface area (Å²) in [5.41, 5.74) is 2.68. The molecule has 0 radical (unpaired) electrons. The molecule has 0 fully saturated rings. The first-order valence-electron chi connectivity index (χ1n) is 7.15. The summed E-state index contributed by atoms with van der Waals surface area (Å²) >= 11 is 8.51. The predicted molar refractivity (Wildman–Crippen MR) is 114 cm³/mol. The molecule has 0 bridgehead atoms. The lowest BCUT2D eigenvalue weighted by Crippen LogP contribution is -2.16. The summed E-state index contributed by atoms with van der Waals surface area (Å²) in [7, 11) is 0. The first kappa shape index (κ1) is 19.8. The number of furan rings is 1. The van der Waals surface area contributed by atoms with Gasteiger partial charge in [-0.15, -0.1) is 0 Å². The molecule has 0 atom stereocenters. The number of amides is 1. The number of aromatic hydroxyl groups is 1. The molecule has 138 valence electrons. The zero-order chi connectivity index (χ0) is 19.7. The molecule has 2 N–H and O–H groups in total. The number of phenols is 1. The van der Waals surface area contributed by atoms with E-state index in [0.29, 0.717) is 5.58 Å². The van der Waals surface area contributed by atoms with Crippen LogP contribution in [-0.2, 0) is 0 Å². The number of nitro benzene ring substituents is 1. The van der Waals surface area contributed by atoms with Gasteiger partial charge in [-0.05, 0) is 56.7 Å². The van der Waals surface area contributed by atoms with Crippen LogP contribution in [0.1, 0.15) is 16.1 Å². The van der Waals surface area contributed by atoms with Gasteiger partial charge in [-0.3, -0.25) is 14.9 Å². The number of nitrogens with zero attached hydrogens (tertiary/aromatic N) is 2. The first-order valence-corrected chi connectivity index (χ1v) is 9.81. The van der Waals surface area contributed by atoms with Gasteiger partial charge in [0.1, 0.15) is 11.3 Å². The lowest BCUT2D eigenvalue weighted by Gasteiger charge is -2.02. The molecule has 0 aliphatic heterocycles. The topological polar surface area (TPSA) is 118 Å². The number of nitro groups is 1. The average molecular weight is 609 g/mol. The molecule has 11 heteroatoms. The molecule has 1 aromatic heterocycles. The van der Waals surface area contributed by atoms with E-state index in [-0.39, 0.29) is 27.2 Å². The maximum absolute atomic E-state index is 12.2. The molecule has 0 aliphatic rings. The fourth-order valence-corrected chi connectivity index (χ4v) is 4.34. The van der Waals surface area contributed by atoms with Crippen LogP contribution < -0.4 is 5.43 Å². The summed E-state index contributed by atoms with van der Waals surface area (Å²) in [6, 6.07) is 7.56. The maximum Gasteiger partial charge on any atom is 0.307 e. The number of hydrogen-bond acceptors (Lipinski definition) is 6. The molecule has 1 heterocycles. The number of carbonyl (C=O) groups excluding carboxylic acids is 1. The second-order valence-electron chi connectivity index (χ2n) is 5.24. The summed E-state index contributed by atoms with van der Waals surface area (Å²) in [6.07, 6.45) is 1.11. The number of rotatable bonds is 4. The van der Waals surface area contributed by atoms with E-state index < -0.39 is 10.8 Å². The zero-order valence-electron chi connectivity index (χ0n) is 13.1. The van der Waals surface area contributed by atoms with Gasteiger partial charge in [-0.25, -0.2) is 5.43 Å². The smallest absolute Gasteiger partial charge is 0.307 e. The molecular weight excluding hydrogens is 601 g/mol. The molecule has 0 spiro atoms. The minimum absolute atomic E-state index is 0.0580. The third-order valence-electron chi connectivity index (χ3n) is 3.42. The lowest BCUT2D eigenvalue weighted by atomic mass is 10.2. The number of benzene rings is 2. The molecule has 3 rings (SSSR count). The second-order valence-corrected chi connectivity index (χ2v) is 8.17. The molecule has 3 aromatic rings. The van der Waals surface area contributed by atoms with Crippen LogP contribution in [0.5, 0.6) is 5.75 Å². The van der Waals surface area contributed by atoms with Gasteiger partial charge in [0.25, 0.3) is 5.69 Å². The minimum Gasteiger partial charge on any atom is -0.506 e. The van der Waals surface area contributed by atoms with Gasteiger partial charge in [-0.1, -0.05) is 15.9 Å². The number of hydrazone groups is 1. The number of halogens is 3. The number of phenolic OH excluding ortho intramolecular Hbond substituents is 1. The Kier molecular flexibility index (Phi) is 5.81. The molecule has 1 amide bonds. The van der Waals surface area contributed by atoms with Gasteiger partial charge >= 0.3 is 5.91 Å². The monoisotopic (exact) mass is 607 g/mol. The van der Waals surface area contributed by atoms with E-state index in [2.05, 4.69) is 65.0 Å². The Balaban J connectivity index is 1.82. The van der Waals surface area contributed by atoms with Crippen molar-refractivity contribution in [3.8, 4) is 5.75 Å². The van der Waals surface area contributed by atoms with Crippen molar-refractivity contribution in [2.75, 3.05) is 0 Å². The summed E-state index contributed by atoms with van der Waals surface area (Å²) in [6.45, 7) is 0. The van der Waals surface area contributed by atoms with Crippen molar-refractivity contribution in [1.82, 2.24) is 5.43 Å². The van der Waals surface area contributed by atoms with Crippen molar-refractivity contribution in [2.45, 2.75) is 0 Å². The van der Waals surface area contributed by atoms with Gasteiger partial charge in [0, 0.05) is 27.6 Å². The van der Waals surface area contributed by atoms with Crippen LogP contribution in [0.15, 0.2) is 48.8 Å². The normalized spacial score (nSPS) is 11.2. The van der Waals surface area contributed by atoms with Crippen molar-refractivity contribution in [3.63, 3.8) is 0 Å². The Bertz CT molecular complexity index is 1110. The Morgan fingerprint density at radius 1 is 1.30 bits per heavy atom. The Morgan fingerprint density at radius 2 is 2.04 bits per heavy atom. The highest BCUT2D eigenvalue weighted by Gasteiger charge is 2.15. The average Bonchev–Trinajstić information content (AvgIpc) is 3.02. The van der Waals surface area contributed by atoms with Crippen molar-refractivity contribution in [1.29, 1.82) is 0 Å². The summed E-state index contributed by atoms with van der Waals surface area (Å²) in [5.74, 6) is -0.775. The van der Waals surface area contributed by atoms with Crippen LogP contribution >= 0.6 is 54.5 Å². The molecule has 0 saturated heterocycles. The molecule has 8 nitrogen and oxygen atoms in total. The highest BCUT2D eigenvalue weighted by Crippen LogP contribution is 2.31. The molecule has 2 aromatic carbocycles. The SMILES string of the molecule is O=C(N/N=C\c1cc([N+](=O)[O-])cc(Br)c1O)c1cc2cc(Br)cc(I)c2o1. The van der Waals surface area contributed by atoms with Crippen molar-refractivity contribution in [3.05, 3.63) is 64.3 Å².